The van der Waals surface area contributed by atoms with Crippen LogP contribution in [0.5, 0.6) is 0 Å². The van der Waals surface area contributed by atoms with Crippen LogP contribution < -0.4 is 5.73 Å². The Hall–Kier alpha value is -1.59. The molecule has 0 saturated carbocycles. The summed E-state index contributed by atoms with van der Waals surface area (Å²) in [4.78, 5) is 4.46. The molecule has 0 radical (unpaired) electrons. The van der Waals surface area contributed by atoms with Gasteiger partial charge in [-0.1, -0.05) is 62.2 Å². The molecular formula is C16H13Br2N3. The second-order valence-corrected chi connectivity index (χ2v) is 6.58. The Bertz CT molecular complexity index is 746. The van der Waals surface area contributed by atoms with Gasteiger partial charge in [-0.25, -0.2) is 4.98 Å². The van der Waals surface area contributed by atoms with Gasteiger partial charge < -0.3 is 10.3 Å². The number of aromatic nitrogens is 2. The summed E-state index contributed by atoms with van der Waals surface area (Å²) in [6, 6.07) is 16.2. The molecule has 0 aliphatic rings. The molecule has 0 saturated heterocycles. The van der Waals surface area contributed by atoms with E-state index in [1.807, 2.05) is 41.0 Å². The van der Waals surface area contributed by atoms with Gasteiger partial charge in [0.1, 0.15) is 11.5 Å². The highest BCUT2D eigenvalue weighted by molar-refractivity contribution is 9.11. The molecule has 2 aromatic carbocycles. The Morgan fingerprint density at radius 2 is 1.67 bits per heavy atom. The maximum absolute atomic E-state index is 6.25. The van der Waals surface area contributed by atoms with Gasteiger partial charge in [0.25, 0.3) is 0 Å². The summed E-state index contributed by atoms with van der Waals surface area (Å²) in [5.41, 5.74) is 9.24. The second kappa shape index (κ2) is 6.03. The third kappa shape index (κ3) is 3.19. The minimum absolute atomic E-state index is 0.670. The van der Waals surface area contributed by atoms with E-state index in [1.165, 1.54) is 5.56 Å². The van der Waals surface area contributed by atoms with Crippen LogP contribution in [0.1, 0.15) is 5.56 Å². The molecule has 1 aromatic heterocycles. The monoisotopic (exact) mass is 405 g/mol. The van der Waals surface area contributed by atoms with Crippen molar-refractivity contribution in [1.29, 1.82) is 0 Å². The van der Waals surface area contributed by atoms with Gasteiger partial charge in [-0.05, 0) is 23.8 Å². The highest BCUT2D eigenvalue weighted by Gasteiger charge is 2.11. The normalized spacial score (nSPS) is 10.8. The van der Waals surface area contributed by atoms with Crippen LogP contribution in [-0.4, -0.2) is 9.55 Å². The topological polar surface area (TPSA) is 43.8 Å². The summed E-state index contributed by atoms with van der Waals surface area (Å²) in [5.74, 6) is 0.670. The Labute approximate surface area is 140 Å². The van der Waals surface area contributed by atoms with E-state index in [4.69, 9.17) is 5.73 Å². The molecule has 0 fully saturated rings. The van der Waals surface area contributed by atoms with Gasteiger partial charge in [-0.3, -0.25) is 0 Å². The van der Waals surface area contributed by atoms with Gasteiger partial charge in [-0.2, -0.15) is 0 Å². The van der Waals surface area contributed by atoms with Crippen molar-refractivity contribution < 1.29 is 0 Å². The van der Waals surface area contributed by atoms with Gasteiger partial charge in [0.15, 0.2) is 0 Å². The number of hydrogen-bond acceptors (Lipinski definition) is 2. The van der Waals surface area contributed by atoms with Crippen molar-refractivity contribution in [3.8, 4) is 11.3 Å². The molecule has 0 aliphatic carbocycles. The summed E-state index contributed by atoms with van der Waals surface area (Å²) >= 11 is 6.98. The second-order valence-electron chi connectivity index (χ2n) is 4.75. The van der Waals surface area contributed by atoms with Crippen LogP contribution in [0.2, 0.25) is 0 Å². The number of rotatable bonds is 3. The van der Waals surface area contributed by atoms with Crippen LogP contribution in [-0.2, 0) is 6.54 Å². The van der Waals surface area contributed by atoms with Crippen LogP contribution in [0.4, 0.5) is 5.82 Å². The van der Waals surface area contributed by atoms with E-state index in [-0.39, 0.29) is 0 Å². The van der Waals surface area contributed by atoms with Crippen molar-refractivity contribution >= 4 is 37.7 Å². The summed E-state index contributed by atoms with van der Waals surface area (Å²) in [6.45, 7) is 0.717. The minimum atomic E-state index is 0.670. The van der Waals surface area contributed by atoms with E-state index in [0.717, 1.165) is 26.7 Å². The van der Waals surface area contributed by atoms with Crippen molar-refractivity contribution in [3.05, 3.63) is 69.4 Å². The molecule has 2 N–H and O–H groups in total. The lowest BCUT2D eigenvalue weighted by Crippen LogP contribution is -2.03. The number of halogens is 2. The molecule has 0 atom stereocenters. The zero-order chi connectivity index (χ0) is 14.8. The number of nitrogens with zero attached hydrogens (tertiary/aromatic N) is 2. The van der Waals surface area contributed by atoms with Crippen LogP contribution in [0.3, 0.4) is 0 Å². The standard InChI is InChI=1S/C16H13Br2N3/c17-13-6-12(7-14(18)8-13)15-16(19)21(10-20-15)9-11-4-2-1-3-5-11/h1-8,10H,9,19H2. The fourth-order valence-electron chi connectivity index (χ4n) is 2.21. The van der Waals surface area contributed by atoms with E-state index < -0.39 is 0 Å². The molecule has 106 valence electrons. The lowest BCUT2D eigenvalue weighted by atomic mass is 10.1. The molecule has 1 heterocycles. The smallest absolute Gasteiger partial charge is 0.131 e. The van der Waals surface area contributed by atoms with E-state index in [2.05, 4.69) is 49.0 Å². The van der Waals surface area contributed by atoms with Crippen molar-refractivity contribution in [2.45, 2.75) is 6.54 Å². The first kappa shape index (κ1) is 14.4. The van der Waals surface area contributed by atoms with E-state index in [9.17, 15) is 0 Å². The predicted octanol–water partition coefficient (Wildman–Crippen LogP) is 4.71. The van der Waals surface area contributed by atoms with Crippen molar-refractivity contribution in [3.63, 3.8) is 0 Å². The number of imidazole rings is 1. The van der Waals surface area contributed by atoms with Gasteiger partial charge in [0.2, 0.25) is 0 Å². The Morgan fingerprint density at radius 1 is 1.00 bits per heavy atom. The van der Waals surface area contributed by atoms with E-state index in [0.29, 0.717) is 5.82 Å². The predicted molar refractivity (Wildman–Crippen MR) is 93.0 cm³/mol. The average Bonchev–Trinajstić information content (AvgIpc) is 2.80. The van der Waals surface area contributed by atoms with Gasteiger partial charge in [0, 0.05) is 14.5 Å². The van der Waals surface area contributed by atoms with Crippen molar-refractivity contribution in [2.75, 3.05) is 5.73 Å². The first-order chi connectivity index (χ1) is 10.1. The average molecular weight is 407 g/mol. The quantitative estimate of drug-likeness (QED) is 0.684. The summed E-state index contributed by atoms with van der Waals surface area (Å²) in [7, 11) is 0. The summed E-state index contributed by atoms with van der Waals surface area (Å²) in [6.07, 6.45) is 1.78. The zero-order valence-electron chi connectivity index (χ0n) is 11.1. The minimum Gasteiger partial charge on any atom is -0.383 e. The highest BCUT2D eigenvalue weighted by Crippen LogP contribution is 2.30. The molecule has 0 unspecified atom stereocenters. The molecule has 3 aromatic rings. The number of nitrogen functional groups attached to an aromatic ring is 1. The number of hydrogen-bond donors (Lipinski definition) is 1. The third-order valence-corrected chi connectivity index (χ3v) is 4.13. The lowest BCUT2D eigenvalue weighted by molar-refractivity contribution is 0.808. The van der Waals surface area contributed by atoms with Crippen LogP contribution in [0.25, 0.3) is 11.3 Å². The molecule has 21 heavy (non-hydrogen) atoms. The molecular weight excluding hydrogens is 394 g/mol. The van der Waals surface area contributed by atoms with Gasteiger partial charge in [-0.15, -0.1) is 0 Å². The zero-order valence-corrected chi connectivity index (χ0v) is 14.3. The van der Waals surface area contributed by atoms with Gasteiger partial charge >= 0.3 is 0 Å². The third-order valence-electron chi connectivity index (χ3n) is 3.21. The van der Waals surface area contributed by atoms with E-state index >= 15 is 0 Å². The van der Waals surface area contributed by atoms with E-state index in [1.54, 1.807) is 6.33 Å². The van der Waals surface area contributed by atoms with Crippen LogP contribution in [0.15, 0.2) is 63.8 Å². The first-order valence-corrected chi connectivity index (χ1v) is 8.03. The van der Waals surface area contributed by atoms with Crippen molar-refractivity contribution in [2.24, 2.45) is 0 Å². The van der Waals surface area contributed by atoms with Crippen molar-refractivity contribution in [1.82, 2.24) is 9.55 Å². The highest BCUT2D eigenvalue weighted by atomic mass is 79.9. The SMILES string of the molecule is Nc1c(-c2cc(Br)cc(Br)c2)ncn1Cc1ccccc1. The Balaban J connectivity index is 1.95. The Kier molecular flexibility index (Phi) is 4.12. The largest absolute Gasteiger partial charge is 0.383 e. The first-order valence-electron chi connectivity index (χ1n) is 6.44. The fraction of sp³-hybridized carbons (Fsp3) is 0.0625. The Morgan fingerprint density at radius 3 is 2.33 bits per heavy atom. The van der Waals surface area contributed by atoms with Crippen LogP contribution >= 0.6 is 31.9 Å². The molecule has 0 spiro atoms. The molecule has 3 rings (SSSR count). The number of benzene rings is 2. The summed E-state index contributed by atoms with van der Waals surface area (Å²) < 4.78 is 3.94. The molecule has 5 heteroatoms. The summed E-state index contributed by atoms with van der Waals surface area (Å²) in [5, 5.41) is 0. The maximum atomic E-state index is 6.25. The molecule has 0 aliphatic heterocycles. The van der Waals surface area contributed by atoms with Gasteiger partial charge in [0.05, 0.1) is 12.9 Å². The lowest BCUT2D eigenvalue weighted by Gasteiger charge is -2.06. The molecule has 0 bridgehead atoms. The molecule has 3 nitrogen and oxygen atoms in total. The maximum Gasteiger partial charge on any atom is 0.131 e. The fourth-order valence-corrected chi connectivity index (χ4v) is 3.50. The van der Waals surface area contributed by atoms with Crippen LogP contribution in [0, 0.1) is 0 Å². The molecule has 0 amide bonds. The number of nitrogens with two attached hydrogens (primary N) is 1. The number of anilines is 1.